The number of aliphatic imine (C=N–C) groups is 1. The van der Waals surface area contributed by atoms with Crippen molar-refractivity contribution >= 4 is 6.02 Å². The van der Waals surface area contributed by atoms with Crippen LogP contribution in [-0.2, 0) is 15.8 Å². The molecule has 1 aliphatic rings. The van der Waals surface area contributed by atoms with Crippen molar-refractivity contribution in [1.82, 2.24) is 15.3 Å². The lowest BCUT2D eigenvalue weighted by molar-refractivity contribution is -0.209. The number of amidine groups is 1. The molecule has 6 rings (SSSR count). The predicted molar refractivity (Wildman–Crippen MR) is 187 cm³/mol. The van der Waals surface area contributed by atoms with Crippen LogP contribution in [0.5, 0.6) is 17.5 Å². The Labute approximate surface area is 298 Å². The summed E-state index contributed by atoms with van der Waals surface area (Å²) in [5.41, 5.74) is -0.439. The first-order valence-corrected chi connectivity index (χ1v) is 16.1. The number of nitrogens with one attached hydrogen (secondary N) is 1. The van der Waals surface area contributed by atoms with Crippen molar-refractivity contribution in [1.29, 1.82) is 0 Å². The van der Waals surface area contributed by atoms with E-state index in [1.807, 2.05) is 54.6 Å². The molecule has 4 aromatic carbocycles. The molecule has 2 heterocycles. The molecule has 1 aromatic heterocycles. The van der Waals surface area contributed by atoms with Crippen LogP contribution in [-0.4, -0.2) is 49.6 Å². The topological polar surface area (TPSA) is 87.1 Å². The SMILES string of the molecule is COc1ccc(C(NC2=N[C@](C)(c3cc(C#Cc4cnc(OC)nc4)ccc3F)C[C@@H](C(F)(F)F)O2)(c2ccccc2)c2ccc(OC)cc2)cc1. The number of alkyl halides is 3. The first kappa shape index (κ1) is 35.7. The molecule has 2 atom stereocenters. The van der Waals surface area contributed by atoms with Gasteiger partial charge >= 0.3 is 12.2 Å². The number of halogens is 4. The van der Waals surface area contributed by atoms with Gasteiger partial charge in [-0.1, -0.05) is 66.4 Å². The standard InChI is InChI=1S/C40H34F4N4O4/c1-38(33-22-26(12-21-34(33)41)10-11-27-24-45-36(51-4)46-25-27)23-35(40(42,43)44)52-37(47-38)48-39(28-8-6-5-7-9-28,29-13-17-31(49-2)18-14-29)30-15-19-32(50-3)20-16-30/h5-9,12-22,24-25,35H,23H2,1-4H3,(H,47,48)/t35-,38-/m0/s1. The molecule has 266 valence electrons. The Balaban J connectivity index is 1.51. The van der Waals surface area contributed by atoms with E-state index >= 15 is 4.39 Å². The fraction of sp³-hybridized carbons (Fsp3) is 0.225. The van der Waals surface area contributed by atoms with Crippen molar-refractivity contribution in [2.45, 2.75) is 36.7 Å². The van der Waals surface area contributed by atoms with Crippen LogP contribution in [0.3, 0.4) is 0 Å². The number of hydrogen-bond acceptors (Lipinski definition) is 8. The molecule has 0 saturated carbocycles. The summed E-state index contributed by atoms with van der Waals surface area (Å²) >= 11 is 0. The largest absolute Gasteiger partial charge is 0.497 e. The summed E-state index contributed by atoms with van der Waals surface area (Å²) in [6, 6.07) is 27.2. The number of benzene rings is 4. The van der Waals surface area contributed by atoms with E-state index in [2.05, 4.69) is 27.1 Å². The molecular formula is C40H34F4N4O4. The number of aromatic nitrogens is 2. The molecule has 52 heavy (non-hydrogen) atoms. The number of ether oxygens (including phenoxy) is 4. The summed E-state index contributed by atoms with van der Waals surface area (Å²) in [6.45, 7) is 1.45. The summed E-state index contributed by atoms with van der Waals surface area (Å²) < 4.78 is 81.3. The number of methoxy groups -OCH3 is 3. The Morgan fingerprint density at radius 2 is 1.31 bits per heavy atom. The molecule has 1 N–H and O–H groups in total. The van der Waals surface area contributed by atoms with E-state index in [1.54, 1.807) is 24.3 Å². The van der Waals surface area contributed by atoms with E-state index < -0.39 is 41.6 Å². The smallest absolute Gasteiger partial charge is 0.425 e. The van der Waals surface area contributed by atoms with E-state index in [0.29, 0.717) is 39.3 Å². The van der Waals surface area contributed by atoms with Gasteiger partial charge in [0.05, 0.1) is 32.4 Å². The maximum Gasteiger partial charge on any atom is 0.425 e. The number of hydrogen-bond donors (Lipinski definition) is 1. The van der Waals surface area contributed by atoms with Gasteiger partial charge in [-0.15, -0.1) is 0 Å². The normalized spacial score (nSPS) is 17.2. The third-order valence-corrected chi connectivity index (χ3v) is 8.81. The van der Waals surface area contributed by atoms with E-state index in [9.17, 15) is 13.2 Å². The van der Waals surface area contributed by atoms with E-state index in [1.165, 1.54) is 58.8 Å². The predicted octanol–water partition coefficient (Wildman–Crippen LogP) is 7.55. The van der Waals surface area contributed by atoms with Gasteiger partial charge in [0.1, 0.15) is 22.9 Å². The first-order chi connectivity index (χ1) is 25.0. The number of nitrogens with zero attached hydrogens (tertiary/aromatic N) is 3. The average Bonchev–Trinajstić information content (AvgIpc) is 3.16. The van der Waals surface area contributed by atoms with Gasteiger partial charge in [-0.25, -0.2) is 19.4 Å². The lowest BCUT2D eigenvalue weighted by Gasteiger charge is -2.42. The zero-order valence-corrected chi connectivity index (χ0v) is 28.7. The van der Waals surface area contributed by atoms with Crippen molar-refractivity contribution in [2.75, 3.05) is 21.3 Å². The molecule has 0 radical (unpaired) electrons. The van der Waals surface area contributed by atoms with Crippen LogP contribution >= 0.6 is 0 Å². The van der Waals surface area contributed by atoms with Gasteiger partial charge < -0.3 is 24.3 Å². The molecule has 0 aliphatic carbocycles. The van der Waals surface area contributed by atoms with Crippen LogP contribution in [0.25, 0.3) is 0 Å². The van der Waals surface area contributed by atoms with Gasteiger partial charge in [-0.05, 0) is 66.1 Å². The van der Waals surface area contributed by atoms with Crippen LogP contribution < -0.4 is 19.5 Å². The van der Waals surface area contributed by atoms with Crippen LogP contribution in [0.15, 0.2) is 114 Å². The second-order valence-corrected chi connectivity index (χ2v) is 12.1. The lowest BCUT2D eigenvalue weighted by Crippen LogP contribution is -2.54. The highest BCUT2D eigenvalue weighted by Gasteiger charge is 2.51. The van der Waals surface area contributed by atoms with Crippen molar-refractivity contribution < 1.29 is 36.5 Å². The van der Waals surface area contributed by atoms with Gasteiger partial charge in [-0.3, -0.25) is 0 Å². The Kier molecular flexibility index (Phi) is 10.1. The molecule has 0 fully saturated rings. The van der Waals surface area contributed by atoms with E-state index in [0.717, 1.165) is 0 Å². The summed E-state index contributed by atoms with van der Waals surface area (Å²) in [5, 5.41) is 3.28. The molecule has 0 unspecified atom stereocenters. The minimum atomic E-state index is -4.82. The molecular weight excluding hydrogens is 676 g/mol. The zero-order valence-electron chi connectivity index (χ0n) is 28.7. The molecule has 12 heteroatoms. The van der Waals surface area contributed by atoms with E-state index in [4.69, 9.17) is 23.9 Å². The Morgan fingerprint density at radius 3 is 1.85 bits per heavy atom. The van der Waals surface area contributed by atoms with Crippen molar-refractivity contribution in [3.8, 4) is 29.4 Å². The minimum absolute atomic E-state index is 0.0821. The second kappa shape index (κ2) is 14.6. The van der Waals surface area contributed by atoms with Crippen molar-refractivity contribution in [3.63, 3.8) is 0 Å². The molecule has 1 aliphatic heterocycles. The van der Waals surface area contributed by atoms with Gasteiger partial charge in [0.15, 0.2) is 6.10 Å². The first-order valence-electron chi connectivity index (χ1n) is 16.1. The fourth-order valence-electron chi connectivity index (χ4n) is 6.14. The molecule has 0 spiro atoms. The maximum absolute atomic E-state index is 15.8. The summed E-state index contributed by atoms with van der Waals surface area (Å²) in [6.07, 6.45) is -4.91. The van der Waals surface area contributed by atoms with Gasteiger partial charge in [-0.2, -0.15) is 13.2 Å². The quantitative estimate of drug-likeness (QED) is 0.101. The van der Waals surface area contributed by atoms with Gasteiger partial charge in [0.25, 0.3) is 6.02 Å². The third-order valence-electron chi connectivity index (χ3n) is 8.81. The summed E-state index contributed by atoms with van der Waals surface area (Å²) in [7, 11) is 4.51. The van der Waals surface area contributed by atoms with Gasteiger partial charge in [0, 0.05) is 29.9 Å². The highest BCUT2D eigenvalue weighted by atomic mass is 19.4. The fourth-order valence-corrected chi connectivity index (χ4v) is 6.14. The summed E-state index contributed by atoms with van der Waals surface area (Å²) in [5.74, 6) is 6.23. The highest BCUT2D eigenvalue weighted by molar-refractivity contribution is 5.79. The van der Waals surface area contributed by atoms with Crippen LogP contribution in [0.1, 0.15) is 46.7 Å². The molecule has 0 amide bonds. The average molecular weight is 711 g/mol. The molecule has 0 bridgehead atoms. The lowest BCUT2D eigenvalue weighted by atomic mass is 9.77. The Morgan fingerprint density at radius 1 is 0.750 bits per heavy atom. The Hall–Kier alpha value is -6.09. The van der Waals surface area contributed by atoms with Crippen molar-refractivity contribution in [2.24, 2.45) is 4.99 Å². The van der Waals surface area contributed by atoms with Crippen LogP contribution in [0.4, 0.5) is 17.6 Å². The number of rotatable bonds is 8. The zero-order chi connectivity index (χ0) is 36.9. The monoisotopic (exact) mass is 710 g/mol. The summed E-state index contributed by atoms with van der Waals surface area (Å²) in [4.78, 5) is 12.8. The maximum atomic E-state index is 15.8. The molecule has 0 saturated heterocycles. The second-order valence-electron chi connectivity index (χ2n) is 12.1. The Bertz CT molecular complexity index is 2050. The highest BCUT2D eigenvalue weighted by Crippen LogP contribution is 2.44. The minimum Gasteiger partial charge on any atom is -0.497 e. The van der Waals surface area contributed by atoms with Gasteiger partial charge in [0.2, 0.25) is 0 Å². The third kappa shape index (κ3) is 7.35. The van der Waals surface area contributed by atoms with E-state index in [-0.39, 0.29) is 11.6 Å². The van der Waals surface area contributed by atoms with Crippen LogP contribution in [0.2, 0.25) is 0 Å². The van der Waals surface area contributed by atoms with Crippen molar-refractivity contribution in [3.05, 3.63) is 149 Å². The van der Waals surface area contributed by atoms with Crippen LogP contribution in [0, 0.1) is 17.7 Å². The molecule has 8 nitrogen and oxygen atoms in total. The molecule has 5 aromatic rings.